The number of rotatable bonds is 8. The molecule has 0 aliphatic rings. The van der Waals surface area contributed by atoms with E-state index in [4.69, 9.17) is 0 Å². The van der Waals surface area contributed by atoms with E-state index in [9.17, 15) is 5.11 Å². The number of hydrogen-bond donors (Lipinski definition) is 2. The first-order valence-electron chi connectivity index (χ1n) is 6.30. The highest BCUT2D eigenvalue weighted by atomic mass is 16.3. The van der Waals surface area contributed by atoms with Crippen LogP contribution in [0.25, 0.3) is 0 Å². The van der Waals surface area contributed by atoms with Gasteiger partial charge >= 0.3 is 0 Å². The molecule has 92 valence electrons. The zero-order chi connectivity index (χ0) is 11.9. The van der Waals surface area contributed by atoms with Crippen LogP contribution >= 0.6 is 0 Å². The van der Waals surface area contributed by atoms with Crippen LogP contribution in [0.4, 0.5) is 0 Å². The molecule has 0 aliphatic heterocycles. The highest BCUT2D eigenvalue weighted by Gasteiger charge is 2.19. The van der Waals surface area contributed by atoms with Gasteiger partial charge in [-0.05, 0) is 38.1 Å². The third kappa shape index (κ3) is 8.88. The average Bonchev–Trinajstić information content (AvgIpc) is 2.14. The minimum absolute atomic E-state index is 0.544. The van der Waals surface area contributed by atoms with Crippen LogP contribution in [0.2, 0.25) is 0 Å². The number of aliphatic hydroxyl groups is 1. The third-order valence-corrected chi connectivity index (χ3v) is 2.96. The van der Waals surface area contributed by atoms with Gasteiger partial charge in [0.2, 0.25) is 0 Å². The maximum absolute atomic E-state index is 10.1. The standard InChI is InChI=1S/C13H29NO/c1-6-12(4)9-14-10-13(5,15)8-7-11(2)3/h11-12,14-15H,6-10H2,1-5H3. The number of hydrogen-bond acceptors (Lipinski definition) is 2. The first-order valence-corrected chi connectivity index (χ1v) is 6.30. The van der Waals surface area contributed by atoms with Crippen LogP contribution in [-0.2, 0) is 0 Å². The van der Waals surface area contributed by atoms with Gasteiger partial charge in [0, 0.05) is 6.54 Å². The molecule has 0 aromatic carbocycles. The van der Waals surface area contributed by atoms with E-state index in [0.717, 1.165) is 19.4 Å². The van der Waals surface area contributed by atoms with E-state index in [2.05, 4.69) is 33.0 Å². The Balaban J connectivity index is 3.64. The Morgan fingerprint density at radius 2 is 1.87 bits per heavy atom. The largest absolute Gasteiger partial charge is 0.389 e. The van der Waals surface area contributed by atoms with E-state index in [-0.39, 0.29) is 0 Å². The van der Waals surface area contributed by atoms with Gasteiger partial charge in [-0.15, -0.1) is 0 Å². The summed E-state index contributed by atoms with van der Waals surface area (Å²) >= 11 is 0. The Kier molecular flexibility index (Phi) is 7.20. The van der Waals surface area contributed by atoms with Crippen LogP contribution in [0.1, 0.15) is 53.9 Å². The fourth-order valence-electron chi connectivity index (χ4n) is 1.42. The molecule has 2 nitrogen and oxygen atoms in total. The molecule has 0 aromatic heterocycles. The lowest BCUT2D eigenvalue weighted by Crippen LogP contribution is -2.39. The van der Waals surface area contributed by atoms with Crippen LogP contribution in [-0.4, -0.2) is 23.8 Å². The smallest absolute Gasteiger partial charge is 0.0743 e. The van der Waals surface area contributed by atoms with E-state index in [1.807, 2.05) is 6.92 Å². The lowest BCUT2D eigenvalue weighted by atomic mass is 9.95. The van der Waals surface area contributed by atoms with Gasteiger partial charge < -0.3 is 10.4 Å². The quantitative estimate of drug-likeness (QED) is 0.652. The predicted molar refractivity (Wildman–Crippen MR) is 67.0 cm³/mol. The van der Waals surface area contributed by atoms with Crippen molar-refractivity contribution in [3.05, 3.63) is 0 Å². The van der Waals surface area contributed by atoms with Crippen LogP contribution in [0, 0.1) is 11.8 Å². The molecule has 0 rings (SSSR count). The second-order valence-electron chi connectivity index (χ2n) is 5.57. The molecule has 0 bridgehead atoms. The molecule has 0 spiro atoms. The highest BCUT2D eigenvalue weighted by Crippen LogP contribution is 2.15. The van der Waals surface area contributed by atoms with E-state index in [1.165, 1.54) is 6.42 Å². The zero-order valence-electron chi connectivity index (χ0n) is 11.1. The number of nitrogens with one attached hydrogen (secondary N) is 1. The molecule has 2 unspecified atom stereocenters. The van der Waals surface area contributed by atoms with Crippen molar-refractivity contribution in [1.82, 2.24) is 5.32 Å². The predicted octanol–water partition coefficient (Wildman–Crippen LogP) is 2.81. The van der Waals surface area contributed by atoms with Gasteiger partial charge in [-0.1, -0.05) is 34.1 Å². The summed E-state index contributed by atoms with van der Waals surface area (Å²) in [6, 6.07) is 0. The Labute approximate surface area is 95.5 Å². The third-order valence-electron chi connectivity index (χ3n) is 2.96. The van der Waals surface area contributed by atoms with Crippen LogP contribution in [0.3, 0.4) is 0 Å². The van der Waals surface area contributed by atoms with Gasteiger partial charge in [-0.3, -0.25) is 0 Å². The van der Waals surface area contributed by atoms with Gasteiger partial charge in [0.15, 0.2) is 0 Å². The molecule has 0 aromatic rings. The summed E-state index contributed by atoms with van der Waals surface area (Å²) in [4.78, 5) is 0. The van der Waals surface area contributed by atoms with Gasteiger partial charge in [0.1, 0.15) is 0 Å². The van der Waals surface area contributed by atoms with E-state index < -0.39 is 5.60 Å². The zero-order valence-corrected chi connectivity index (χ0v) is 11.1. The molecule has 0 amide bonds. The van der Waals surface area contributed by atoms with Crippen LogP contribution in [0.5, 0.6) is 0 Å². The van der Waals surface area contributed by atoms with Crippen molar-refractivity contribution in [2.75, 3.05) is 13.1 Å². The summed E-state index contributed by atoms with van der Waals surface area (Å²) in [5, 5.41) is 13.4. The van der Waals surface area contributed by atoms with Crippen molar-refractivity contribution in [3.8, 4) is 0 Å². The van der Waals surface area contributed by atoms with Crippen molar-refractivity contribution >= 4 is 0 Å². The van der Waals surface area contributed by atoms with Crippen molar-refractivity contribution in [1.29, 1.82) is 0 Å². The summed E-state index contributed by atoms with van der Waals surface area (Å²) in [5.74, 6) is 1.37. The summed E-state index contributed by atoms with van der Waals surface area (Å²) < 4.78 is 0. The van der Waals surface area contributed by atoms with Gasteiger partial charge in [-0.2, -0.15) is 0 Å². The minimum Gasteiger partial charge on any atom is -0.389 e. The lowest BCUT2D eigenvalue weighted by Gasteiger charge is -2.25. The fourth-order valence-corrected chi connectivity index (χ4v) is 1.42. The summed E-state index contributed by atoms with van der Waals surface area (Å²) in [5.41, 5.74) is -0.544. The molecular formula is C13H29NO. The molecule has 0 fully saturated rings. The maximum atomic E-state index is 10.1. The van der Waals surface area contributed by atoms with Crippen molar-refractivity contribution in [2.24, 2.45) is 11.8 Å². The molecule has 15 heavy (non-hydrogen) atoms. The fraction of sp³-hybridized carbons (Fsp3) is 1.00. The molecule has 0 saturated heterocycles. The molecule has 2 atom stereocenters. The van der Waals surface area contributed by atoms with Crippen LogP contribution in [0.15, 0.2) is 0 Å². The Hall–Kier alpha value is -0.0800. The van der Waals surface area contributed by atoms with Crippen LogP contribution < -0.4 is 5.32 Å². The van der Waals surface area contributed by atoms with Crippen molar-refractivity contribution < 1.29 is 5.11 Å². The summed E-state index contributed by atoms with van der Waals surface area (Å²) in [7, 11) is 0. The molecule has 0 radical (unpaired) electrons. The Morgan fingerprint density at radius 1 is 1.27 bits per heavy atom. The normalized spacial score (nSPS) is 17.8. The Morgan fingerprint density at radius 3 is 2.33 bits per heavy atom. The first kappa shape index (κ1) is 14.9. The summed E-state index contributed by atoms with van der Waals surface area (Å²) in [6.45, 7) is 12.5. The Bertz CT molecular complexity index is 155. The van der Waals surface area contributed by atoms with E-state index in [0.29, 0.717) is 18.4 Å². The van der Waals surface area contributed by atoms with E-state index in [1.54, 1.807) is 0 Å². The van der Waals surface area contributed by atoms with E-state index >= 15 is 0 Å². The second-order valence-corrected chi connectivity index (χ2v) is 5.57. The molecule has 0 saturated carbocycles. The minimum atomic E-state index is -0.544. The van der Waals surface area contributed by atoms with Gasteiger partial charge in [0.25, 0.3) is 0 Å². The summed E-state index contributed by atoms with van der Waals surface area (Å²) in [6.07, 6.45) is 3.18. The topological polar surface area (TPSA) is 32.3 Å². The lowest BCUT2D eigenvalue weighted by molar-refractivity contribution is 0.0447. The molecule has 0 heterocycles. The maximum Gasteiger partial charge on any atom is 0.0743 e. The molecule has 2 heteroatoms. The first-order chi connectivity index (χ1) is 6.87. The van der Waals surface area contributed by atoms with Gasteiger partial charge in [0.05, 0.1) is 5.60 Å². The monoisotopic (exact) mass is 215 g/mol. The molecule has 2 N–H and O–H groups in total. The average molecular weight is 215 g/mol. The molecule has 0 aliphatic carbocycles. The van der Waals surface area contributed by atoms with Crippen molar-refractivity contribution in [3.63, 3.8) is 0 Å². The molecular weight excluding hydrogens is 186 g/mol. The SMILES string of the molecule is CCC(C)CNCC(C)(O)CCC(C)C. The van der Waals surface area contributed by atoms with Gasteiger partial charge in [-0.25, -0.2) is 0 Å². The highest BCUT2D eigenvalue weighted by molar-refractivity contribution is 4.76. The second kappa shape index (κ2) is 7.24. The van der Waals surface area contributed by atoms with Crippen molar-refractivity contribution in [2.45, 2.75) is 59.5 Å².